The van der Waals surface area contributed by atoms with Gasteiger partial charge in [-0.15, -0.1) is 0 Å². The first-order valence-corrected chi connectivity index (χ1v) is 8.19. The van der Waals surface area contributed by atoms with Crippen LogP contribution in [0.3, 0.4) is 0 Å². The van der Waals surface area contributed by atoms with Crippen molar-refractivity contribution >= 4 is 5.91 Å². The third-order valence-electron chi connectivity index (χ3n) is 4.99. The van der Waals surface area contributed by atoms with Crippen LogP contribution in [0.1, 0.15) is 65.2 Å². The highest BCUT2D eigenvalue weighted by atomic mass is 16.2. The van der Waals surface area contributed by atoms with Crippen molar-refractivity contribution in [3.63, 3.8) is 0 Å². The minimum absolute atomic E-state index is 0.211. The Morgan fingerprint density at radius 3 is 2.37 bits per heavy atom. The molecule has 0 aromatic heterocycles. The van der Waals surface area contributed by atoms with Gasteiger partial charge in [0.1, 0.15) is 0 Å². The van der Waals surface area contributed by atoms with Gasteiger partial charge in [0, 0.05) is 12.6 Å². The third-order valence-corrected chi connectivity index (χ3v) is 4.99. The van der Waals surface area contributed by atoms with Crippen molar-refractivity contribution in [1.82, 2.24) is 4.90 Å². The summed E-state index contributed by atoms with van der Waals surface area (Å²) in [6.45, 7) is 5.17. The van der Waals surface area contributed by atoms with Crippen molar-refractivity contribution in [3.05, 3.63) is 0 Å². The third kappa shape index (κ3) is 3.95. The number of carbonyl (C=O) groups is 1. The zero-order valence-electron chi connectivity index (χ0n) is 12.6. The Labute approximate surface area is 117 Å². The van der Waals surface area contributed by atoms with Gasteiger partial charge in [0.15, 0.2) is 0 Å². The average molecular weight is 266 g/mol. The van der Waals surface area contributed by atoms with Crippen LogP contribution >= 0.6 is 0 Å². The second kappa shape index (κ2) is 6.74. The quantitative estimate of drug-likeness (QED) is 0.803. The first-order valence-electron chi connectivity index (χ1n) is 8.19. The molecule has 2 unspecified atom stereocenters. The Kier molecular flexibility index (Phi) is 5.26. The van der Waals surface area contributed by atoms with E-state index >= 15 is 0 Å². The highest BCUT2D eigenvalue weighted by molar-refractivity contribution is 5.82. The van der Waals surface area contributed by atoms with E-state index in [0.717, 1.165) is 18.9 Å². The van der Waals surface area contributed by atoms with Crippen molar-refractivity contribution in [3.8, 4) is 0 Å². The van der Waals surface area contributed by atoms with Gasteiger partial charge in [-0.1, -0.05) is 39.5 Å². The summed E-state index contributed by atoms with van der Waals surface area (Å²) in [4.78, 5) is 14.7. The van der Waals surface area contributed by atoms with E-state index in [1.165, 1.54) is 44.9 Å². The molecule has 2 N–H and O–H groups in total. The normalized spacial score (nSPS) is 23.9. The number of amides is 1. The van der Waals surface area contributed by atoms with Gasteiger partial charge < -0.3 is 10.6 Å². The Morgan fingerprint density at radius 2 is 1.84 bits per heavy atom. The van der Waals surface area contributed by atoms with E-state index in [-0.39, 0.29) is 11.9 Å². The topological polar surface area (TPSA) is 46.3 Å². The molecule has 110 valence electrons. The molecular weight excluding hydrogens is 236 g/mol. The van der Waals surface area contributed by atoms with Gasteiger partial charge in [-0.3, -0.25) is 4.79 Å². The summed E-state index contributed by atoms with van der Waals surface area (Å²) >= 11 is 0. The van der Waals surface area contributed by atoms with Gasteiger partial charge in [-0.05, 0) is 37.5 Å². The Hall–Kier alpha value is -0.570. The van der Waals surface area contributed by atoms with Gasteiger partial charge in [-0.25, -0.2) is 0 Å². The molecule has 3 heteroatoms. The molecule has 0 bridgehead atoms. The fourth-order valence-electron chi connectivity index (χ4n) is 3.14. The van der Waals surface area contributed by atoms with E-state index in [2.05, 4.69) is 18.7 Å². The summed E-state index contributed by atoms with van der Waals surface area (Å²) < 4.78 is 0. The van der Waals surface area contributed by atoms with Crippen LogP contribution in [-0.2, 0) is 4.79 Å². The highest BCUT2D eigenvalue weighted by Gasteiger charge is 2.37. The predicted molar refractivity (Wildman–Crippen MR) is 78.7 cm³/mol. The number of hydrogen-bond acceptors (Lipinski definition) is 2. The SMILES string of the molecule is CCC(C)C(N)C(=O)N(CC1CCCCC1)C1CC1. The summed E-state index contributed by atoms with van der Waals surface area (Å²) in [6, 6.07) is 0.207. The highest BCUT2D eigenvalue weighted by Crippen LogP contribution is 2.32. The van der Waals surface area contributed by atoms with Gasteiger partial charge >= 0.3 is 0 Å². The minimum Gasteiger partial charge on any atom is -0.338 e. The molecule has 2 atom stereocenters. The summed E-state index contributed by atoms with van der Waals surface area (Å²) in [5, 5.41) is 0. The van der Waals surface area contributed by atoms with E-state index in [1.807, 2.05) is 0 Å². The molecule has 0 heterocycles. The second-order valence-corrected chi connectivity index (χ2v) is 6.64. The standard InChI is InChI=1S/C16H30N2O/c1-3-12(2)15(17)16(19)18(14-9-10-14)11-13-7-5-4-6-8-13/h12-15H,3-11,17H2,1-2H3. The molecule has 2 aliphatic carbocycles. The molecule has 19 heavy (non-hydrogen) atoms. The monoisotopic (exact) mass is 266 g/mol. The summed E-state index contributed by atoms with van der Waals surface area (Å²) in [7, 11) is 0. The predicted octanol–water partition coefficient (Wildman–Crippen LogP) is 2.93. The fraction of sp³-hybridized carbons (Fsp3) is 0.938. The maximum Gasteiger partial charge on any atom is 0.240 e. The van der Waals surface area contributed by atoms with E-state index in [4.69, 9.17) is 5.73 Å². The van der Waals surface area contributed by atoms with Crippen LogP contribution in [0.5, 0.6) is 0 Å². The lowest BCUT2D eigenvalue weighted by Crippen LogP contribution is -2.49. The van der Waals surface area contributed by atoms with Crippen molar-refractivity contribution in [2.75, 3.05) is 6.54 Å². The lowest BCUT2D eigenvalue weighted by Gasteiger charge is -2.32. The molecule has 1 amide bonds. The van der Waals surface area contributed by atoms with Crippen LogP contribution in [-0.4, -0.2) is 29.4 Å². The minimum atomic E-state index is -0.297. The first-order chi connectivity index (χ1) is 9.13. The molecule has 2 saturated carbocycles. The van der Waals surface area contributed by atoms with E-state index in [0.29, 0.717) is 12.0 Å². The Bertz CT molecular complexity index is 295. The van der Waals surface area contributed by atoms with E-state index in [1.54, 1.807) is 0 Å². The maximum atomic E-state index is 12.6. The Morgan fingerprint density at radius 1 is 1.21 bits per heavy atom. The maximum absolute atomic E-state index is 12.6. The molecule has 3 nitrogen and oxygen atoms in total. The lowest BCUT2D eigenvalue weighted by molar-refractivity contribution is -0.135. The van der Waals surface area contributed by atoms with Crippen molar-refractivity contribution in [1.29, 1.82) is 0 Å². The van der Waals surface area contributed by atoms with E-state index < -0.39 is 0 Å². The van der Waals surface area contributed by atoms with Crippen LogP contribution in [0.4, 0.5) is 0 Å². The number of nitrogens with zero attached hydrogens (tertiary/aromatic N) is 1. The molecule has 0 aromatic carbocycles. The Balaban J connectivity index is 1.93. The molecular formula is C16H30N2O. The zero-order valence-corrected chi connectivity index (χ0v) is 12.6. The summed E-state index contributed by atoms with van der Waals surface area (Å²) in [6.07, 6.45) is 10.0. The number of hydrogen-bond donors (Lipinski definition) is 1. The molecule has 2 fully saturated rings. The average Bonchev–Trinajstić information content (AvgIpc) is 3.28. The van der Waals surface area contributed by atoms with Gasteiger partial charge in [0.25, 0.3) is 0 Å². The van der Waals surface area contributed by atoms with Gasteiger partial charge in [0.05, 0.1) is 6.04 Å². The molecule has 0 aromatic rings. The number of rotatable bonds is 6. The fourth-order valence-corrected chi connectivity index (χ4v) is 3.14. The van der Waals surface area contributed by atoms with Gasteiger partial charge in [0.2, 0.25) is 5.91 Å². The zero-order chi connectivity index (χ0) is 13.8. The molecule has 0 aliphatic heterocycles. The van der Waals surface area contributed by atoms with Crippen LogP contribution in [0, 0.1) is 11.8 Å². The van der Waals surface area contributed by atoms with Crippen molar-refractivity contribution < 1.29 is 4.79 Å². The smallest absolute Gasteiger partial charge is 0.240 e. The molecule has 0 saturated heterocycles. The summed E-state index contributed by atoms with van der Waals surface area (Å²) in [5.41, 5.74) is 6.15. The van der Waals surface area contributed by atoms with E-state index in [9.17, 15) is 4.79 Å². The van der Waals surface area contributed by atoms with Crippen LogP contribution in [0.2, 0.25) is 0 Å². The molecule has 0 spiro atoms. The second-order valence-electron chi connectivity index (χ2n) is 6.64. The van der Waals surface area contributed by atoms with Crippen molar-refractivity contribution in [2.45, 2.75) is 77.3 Å². The van der Waals surface area contributed by atoms with Gasteiger partial charge in [-0.2, -0.15) is 0 Å². The largest absolute Gasteiger partial charge is 0.338 e. The molecule has 0 radical (unpaired) electrons. The van der Waals surface area contributed by atoms with Crippen LogP contribution in [0.15, 0.2) is 0 Å². The lowest BCUT2D eigenvalue weighted by atomic mass is 9.88. The van der Waals surface area contributed by atoms with Crippen LogP contribution in [0.25, 0.3) is 0 Å². The molecule has 2 aliphatic rings. The molecule has 2 rings (SSSR count). The first kappa shape index (κ1) is 14.8. The van der Waals surface area contributed by atoms with Crippen LogP contribution < -0.4 is 5.73 Å². The number of carbonyl (C=O) groups excluding carboxylic acids is 1. The van der Waals surface area contributed by atoms with Crippen molar-refractivity contribution in [2.24, 2.45) is 17.6 Å². The number of nitrogens with two attached hydrogens (primary N) is 1. The summed E-state index contributed by atoms with van der Waals surface area (Å²) in [5.74, 6) is 1.23.